The quantitative estimate of drug-likeness (QED) is 0.726. The number of benzene rings is 1. The standard InChI is InChI=1S/C10H15NOS/c1-13-10-6-2-5-9(12)8(10)4-3-7-11/h2,5-6,12H,3-4,7,11H2,1H3. The van der Waals surface area contributed by atoms with Crippen LogP contribution in [0.3, 0.4) is 0 Å². The summed E-state index contributed by atoms with van der Waals surface area (Å²) in [6.07, 6.45) is 3.80. The lowest BCUT2D eigenvalue weighted by Crippen LogP contribution is -2.01. The molecule has 3 N–H and O–H groups in total. The Labute approximate surface area is 83.1 Å². The Balaban J connectivity index is 2.87. The van der Waals surface area contributed by atoms with Crippen molar-refractivity contribution in [2.24, 2.45) is 5.73 Å². The molecule has 0 aliphatic heterocycles. The normalized spacial score (nSPS) is 10.3. The van der Waals surface area contributed by atoms with Crippen LogP contribution in [0, 0.1) is 0 Å². The highest BCUT2D eigenvalue weighted by molar-refractivity contribution is 7.98. The van der Waals surface area contributed by atoms with Crippen molar-refractivity contribution in [2.75, 3.05) is 12.8 Å². The molecular formula is C10H15NOS. The summed E-state index contributed by atoms with van der Waals surface area (Å²) in [6, 6.07) is 5.62. The Morgan fingerprint density at radius 2 is 2.23 bits per heavy atom. The predicted molar refractivity (Wildman–Crippen MR) is 57.3 cm³/mol. The van der Waals surface area contributed by atoms with Crippen molar-refractivity contribution in [1.29, 1.82) is 0 Å². The second kappa shape index (κ2) is 5.14. The lowest BCUT2D eigenvalue weighted by molar-refractivity contribution is 0.465. The van der Waals surface area contributed by atoms with E-state index in [0.29, 0.717) is 12.3 Å². The van der Waals surface area contributed by atoms with Crippen LogP contribution in [0.1, 0.15) is 12.0 Å². The molecule has 0 saturated heterocycles. The first-order valence-corrected chi connectivity index (χ1v) is 5.57. The van der Waals surface area contributed by atoms with Crippen LogP contribution >= 0.6 is 11.8 Å². The van der Waals surface area contributed by atoms with Gasteiger partial charge in [-0.3, -0.25) is 0 Å². The van der Waals surface area contributed by atoms with Gasteiger partial charge in [0.15, 0.2) is 0 Å². The third-order valence-electron chi connectivity index (χ3n) is 1.96. The predicted octanol–water partition coefficient (Wildman–Crippen LogP) is 2.01. The summed E-state index contributed by atoms with van der Waals surface area (Å²) in [5.74, 6) is 0.389. The maximum absolute atomic E-state index is 9.59. The molecule has 0 spiro atoms. The summed E-state index contributed by atoms with van der Waals surface area (Å²) in [4.78, 5) is 1.15. The van der Waals surface area contributed by atoms with Gasteiger partial charge in [0.25, 0.3) is 0 Å². The molecule has 2 nitrogen and oxygen atoms in total. The summed E-state index contributed by atoms with van der Waals surface area (Å²) in [6.45, 7) is 0.669. The molecule has 3 heteroatoms. The molecular weight excluding hydrogens is 182 g/mol. The van der Waals surface area contributed by atoms with E-state index in [1.807, 2.05) is 18.4 Å². The summed E-state index contributed by atoms with van der Waals surface area (Å²) in [5, 5.41) is 9.59. The SMILES string of the molecule is CSc1cccc(O)c1CCCN. The molecule has 1 aromatic carbocycles. The molecule has 72 valence electrons. The summed E-state index contributed by atoms with van der Waals surface area (Å²) in [7, 11) is 0. The van der Waals surface area contributed by atoms with E-state index in [-0.39, 0.29) is 0 Å². The van der Waals surface area contributed by atoms with Gasteiger partial charge in [0.05, 0.1) is 0 Å². The van der Waals surface area contributed by atoms with E-state index in [1.165, 1.54) is 0 Å². The topological polar surface area (TPSA) is 46.2 Å². The molecule has 0 aliphatic rings. The number of hydrogen-bond acceptors (Lipinski definition) is 3. The maximum atomic E-state index is 9.59. The summed E-state index contributed by atoms with van der Waals surface area (Å²) in [5.41, 5.74) is 6.46. The fourth-order valence-electron chi connectivity index (χ4n) is 1.28. The highest BCUT2D eigenvalue weighted by atomic mass is 32.2. The van der Waals surface area contributed by atoms with Gasteiger partial charge in [-0.15, -0.1) is 11.8 Å². The molecule has 0 unspecified atom stereocenters. The molecule has 0 radical (unpaired) electrons. The number of aromatic hydroxyl groups is 1. The largest absolute Gasteiger partial charge is 0.508 e. The number of thioether (sulfide) groups is 1. The zero-order valence-electron chi connectivity index (χ0n) is 7.79. The Morgan fingerprint density at radius 1 is 1.46 bits per heavy atom. The fraction of sp³-hybridized carbons (Fsp3) is 0.400. The zero-order chi connectivity index (χ0) is 9.68. The van der Waals surface area contributed by atoms with Gasteiger partial charge in [0.1, 0.15) is 5.75 Å². The Kier molecular flexibility index (Phi) is 4.12. The molecule has 0 saturated carbocycles. The average molecular weight is 197 g/mol. The van der Waals surface area contributed by atoms with E-state index >= 15 is 0 Å². The zero-order valence-corrected chi connectivity index (χ0v) is 8.60. The Bertz CT molecular complexity index is 276. The second-order valence-electron chi connectivity index (χ2n) is 2.85. The average Bonchev–Trinajstić information content (AvgIpc) is 2.15. The molecule has 1 aromatic rings. The molecule has 13 heavy (non-hydrogen) atoms. The molecule has 1 rings (SSSR count). The van der Waals surface area contributed by atoms with Crippen LogP contribution in [0.2, 0.25) is 0 Å². The molecule has 0 atom stereocenters. The minimum Gasteiger partial charge on any atom is -0.508 e. The van der Waals surface area contributed by atoms with Gasteiger partial charge in [-0.2, -0.15) is 0 Å². The lowest BCUT2D eigenvalue weighted by atomic mass is 10.1. The van der Waals surface area contributed by atoms with Crippen molar-refractivity contribution < 1.29 is 5.11 Å². The van der Waals surface area contributed by atoms with Crippen molar-refractivity contribution in [1.82, 2.24) is 0 Å². The third kappa shape index (κ3) is 2.64. The highest BCUT2D eigenvalue weighted by Crippen LogP contribution is 2.28. The molecule has 0 amide bonds. The van der Waals surface area contributed by atoms with Gasteiger partial charge in [-0.1, -0.05) is 6.07 Å². The van der Waals surface area contributed by atoms with Crippen LogP contribution in [0.25, 0.3) is 0 Å². The maximum Gasteiger partial charge on any atom is 0.119 e. The Hall–Kier alpha value is -0.670. The van der Waals surface area contributed by atoms with E-state index in [4.69, 9.17) is 5.73 Å². The molecule has 0 aromatic heterocycles. The van der Waals surface area contributed by atoms with Crippen LogP contribution in [-0.4, -0.2) is 17.9 Å². The van der Waals surface area contributed by atoms with Crippen LogP contribution in [-0.2, 0) is 6.42 Å². The van der Waals surface area contributed by atoms with E-state index in [9.17, 15) is 5.11 Å². The number of hydrogen-bond donors (Lipinski definition) is 2. The lowest BCUT2D eigenvalue weighted by Gasteiger charge is -2.08. The first-order valence-electron chi connectivity index (χ1n) is 4.34. The van der Waals surface area contributed by atoms with Gasteiger partial charge in [0, 0.05) is 10.5 Å². The molecule has 0 bridgehead atoms. The van der Waals surface area contributed by atoms with Crippen molar-refractivity contribution >= 4 is 11.8 Å². The fourth-order valence-corrected chi connectivity index (χ4v) is 1.94. The minimum atomic E-state index is 0.389. The monoisotopic (exact) mass is 197 g/mol. The van der Waals surface area contributed by atoms with Crippen LogP contribution < -0.4 is 5.73 Å². The van der Waals surface area contributed by atoms with E-state index in [2.05, 4.69) is 0 Å². The summed E-state index contributed by atoms with van der Waals surface area (Å²) < 4.78 is 0. The van der Waals surface area contributed by atoms with Crippen molar-refractivity contribution in [3.8, 4) is 5.75 Å². The van der Waals surface area contributed by atoms with Crippen LogP contribution in [0.5, 0.6) is 5.75 Å². The van der Waals surface area contributed by atoms with Gasteiger partial charge in [-0.05, 0) is 37.8 Å². The summed E-state index contributed by atoms with van der Waals surface area (Å²) >= 11 is 1.66. The minimum absolute atomic E-state index is 0.389. The van der Waals surface area contributed by atoms with Gasteiger partial charge in [0.2, 0.25) is 0 Å². The molecule has 0 heterocycles. The van der Waals surface area contributed by atoms with Gasteiger partial charge in [-0.25, -0.2) is 0 Å². The third-order valence-corrected chi connectivity index (χ3v) is 2.78. The van der Waals surface area contributed by atoms with Crippen molar-refractivity contribution in [3.63, 3.8) is 0 Å². The highest BCUT2D eigenvalue weighted by Gasteiger charge is 2.05. The second-order valence-corrected chi connectivity index (χ2v) is 3.70. The van der Waals surface area contributed by atoms with Crippen molar-refractivity contribution in [3.05, 3.63) is 23.8 Å². The molecule has 0 aliphatic carbocycles. The number of nitrogens with two attached hydrogens (primary N) is 1. The number of rotatable bonds is 4. The van der Waals surface area contributed by atoms with E-state index in [0.717, 1.165) is 23.3 Å². The first-order chi connectivity index (χ1) is 6.29. The van der Waals surface area contributed by atoms with E-state index < -0.39 is 0 Å². The van der Waals surface area contributed by atoms with Gasteiger partial charge < -0.3 is 10.8 Å². The first kappa shape index (κ1) is 10.4. The number of phenols is 1. The smallest absolute Gasteiger partial charge is 0.119 e. The van der Waals surface area contributed by atoms with E-state index in [1.54, 1.807) is 17.8 Å². The van der Waals surface area contributed by atoms with Crippen molar-refractivity contribution in [2.45, 2.75) is 17.7 Å². The Morgan fingerprint density at radius 3 is 2.85 bits per heavy atom. The van der Waals surface area contributed by atoms with Crippen LogP contribution in [0.15, 0.2) is 23.1 Å². The number of phenolic OH excluding ortho intramolecular Hbond substituents is 1. The van der Waals surface area contributed by atoms with Crippen LogP contribution in [0.4, 0.5) is 0 Å². The molecule has 0 fully saturated rings. The van der Waals surface area contributed by atoms with Gasteiger partial charge >= 0.3 is 0 Å².